The fourth-order valence-electron chi connectivity index (χ4n) is 2.90. The van der Waals surface area contributed by atoms with E-state index in [1.165, 1.54) is 0 Å². The van der Waals surface area contributed by atoms with Crippen LogP contribution in [-0.2, 0) is 15.3 Å². The van der Waals surface area contributed by atoms with Crippen LogP contribution in [0.2, 0.25) is 0 Å². The van der Waals surface area contributed by atoms with Crippen LogP contribution in [0, 0.1) is 0 Å². The molecule has 2 unspecified atom stereocenters. The largest absolute Gasteiger partial charge is 0.332 e. The molecule has 8 heteroatoms. The van der Waals surface area contributed by atoms with Gasteiger partial charge in [-0.05, 0) is 71.1 Å². The van der Waals surface area contributed by atoms with Crippen molar-refractivity contribution in [1.29, 1.82) is 0 Å². The molecule has 3 rings (SSSR count). The van der Waals surface area contributed by atoms with Crippen molar-refractivity contribution in [2.24, 2.45) is 5.84 Å². The highest BCUT2D eigenvalue weighted by atomic mass is 32.1. The molecule has 0 bridgehead atoms. The van der Waals surface area contributed by atoms with Crippen LogP contribution >= 0.6 is 18.9 Å². The molecule has 0 saturated carbocycles. The van der Waals surface area contributed by atoms with Crippen LogP contribution in [0.5, 0.6) is 0 Å². The molecule has 0 fully saturated rings. The van der Waals surface area contributed by atoms with Gasteiger partial charge in [0.1, 0.15) is 0 Å². The van der Waals surface area contributed by atoms with E-state index in [1.54, 1.807) is 48.6 Å². The van der Waals surface area contributed by atoms with E-state index in [-0.39, 0.29) is 18.2 Å². The summed E-state index contributed by atoms with van der Waals surface area (Å²) in [7, 11) is -3.74. The van der Waals surface area contributed by atoms with Crippen molar-refractivity contribution >= 4 is 30.5 Å². The minimum Gasteiger partial charge on any atom is -0.324 e. The van der Waals surface area contributed by atoms with E-state index in [1.807, 2.05) is 41.9 Å². The fourth-order valence-corrected chi connectivity index (χ4v) is 5.02. The van der Waals surface area contributed by atoms with Crippen molar-refractivity contribution in [1.82, 2.24) is 0 Å². The number of hydrazine groups is 1. The summed E-state index contributed by atoms with van der Waals surface area (Å²) in [6, 6.07) is 16.0. The Kier molecular flexibility index (Phi) is 7.23. The third-order valence-electron chi connectivity index (χ3n) is 4.70. The second kappa shape index (κ2) is 9.69. The molecule has 2 atom stereocenters. The molecule has 2 aromatic carbocycles. The zero-order valence-corrected chi connectivity index (χ0v) is 18.6. The molecule has 158 valence electrons. The maximum Gasteiger partial charge on any atom is 0.332 e. The van der Waals surface area contributed by atoms with E-state index < -0.39 is 7.60 Å². The average Bonchev–Trinajstić information content (AvgIpc) is 3.27. The van der Waals surface area contributed by atoms with E-state index in [0.717, 1.165) is 16.1 Å². The zero-order chi connectivity index (χ0) is 21.7. The summed E-state index contributed by atoms with van der Waals surface area (Å²) in [5.41, 5.74) is 3.63. The minimum atomic E-state index is -3.74. The summed E-state index contributed by atoms with van der Waals surface area (Å²) in [5, 5.41) is 5.13. The van der Waals surface area contributed by atoms with Gasteiger partial charge < -0.3 is 9.42 Å². The molecule has 3 aromatic rings. The van der Waals surface area contributed by atoms with E-state index in [4.69, 9.17) is 10.4 Å². The van der Waals surface area contributed by atoms with E-state index in [0.29, 0.717) is 23.2 Å². The van der Waals surface area contributed by atoms with Crippen LogP contribution in [0.1, 0.15) is 36.2 Å². The second-order valence-electron chi connectivity index (χ2n) is 7.05. The lowest BCUT2D eigenvalue weighted by Gasteiger charge is -2.18. The molecule has 1 amide bonds. The Hall–Kier alpha value is -2.28. The van der Waals surface area contributed by atoms with Gasteiger partial charge in [0.15, 0.2) is 0 Å². The summed E-state index contributed by atoms with van der Waals surface area (Å²) in [6.45, 7) is 3.65. The molecule has 30 heavy (non-hydrogen) atoms. The topological polar surface area (TPSA) is 92.9 Å². The normalized spacial score (nSPS) is 14.1. The highest BCUT2D eigenvalue weighted by Crippen LogP contribution is 2.47. The quantitative estimate of drug-likeness (QED) is 0.209. The summed E-state index contributed by atoms with van der Waals surface area (Å²) in [5.74, 6) is 5.72. The van der Waals surface area contributed by atoms with Crippen LogP contribution in [-0.4, -0.2) is 16.9 Å². The van der Waals surface area contributed by atoms with Crippen LogP contribution in [0.3, 0.4) is 0 Å². The van der Waals surface area contributed by atoms with Crippen LogP contribution in [0.4, 0.5) is 5.69 Å². The number of nitrogens with zero attached hydrogens (tertiary/aromatic N) is 1. The number of rotatable bonds is 8. The van der Waals surface area contributed by atoms with Gasteiger partial charge in [-0.25, -0.2) is 10.9 Å². The summed E-state index contributed by atoms with van der Waals surface area (Å²) in [6.07, 6.45) is 0.246. The van der Waals surface area contributed by atoms with Crippen molar-refractivity contribution < 1.29 is 18.8 Å². The lowest BCUT2D eigenvalue weighted by atomic mass is 10.1. The number of carbonyl (C=O) groups excluding carboxylic acids is 1. The Morgan fingerprint density at radius 1 is 1.20 bits per heavy atom. The van der Waals surface area contributed by atoms with Gasteiger partial charge in [0.2, 0.25) is 0 Å². The molecule has 0 radical (unpaired) electrons. The maximum absolute atomic E-state index is 12.8. The predicted molar refractivity (Wildman–Crippen MR) is 122 cm³/mol. The Balaban J connectivity index is 1.71. The smallest absolute Gasteiger partial charge is 0.324 e. The standard InChI is InChI=1S/C22H25N2O4PS/c1-3-16(2)28-29(26,27)14-17-7-9-18(10-8-17)22(25)24(23)21-6-4-5-19(13-21)20-11-12-30-15-20/h4-13,15-16H,3,14,23H2,1-2H3,(H,26,27). The number of anilines is 1. The first kappa shape index (κ1) is 22.4. The van der Waals surface area contributed by atoms with Crippen molar-refractivity contribution in [2.45, 2.75) is 32.5 Å². The Morgan fingerprint density at radius 2 is 1.93 bits per heavy atom. The molecular weight excluding hydrogens is 419 g/mol. The molecule has 3 N–H and O–H groups in total. The van der Waals surface area contributed by atoms with Gasteiger partial charge in [-0.1, -0.05) is 31.2 Å². The van der Waals surface area contributed by atoms with Gasteiger partial charge >= 0.3 is 7.60 Å². The van der Waals surface area contributed by atoms with Gasteiger partial charge in [0.25, 0.3) is 5.91 Å². The first-order valence-corrected chi connectivity index (χ1v) is 12.3. The third-order valence-corrected chi connectivity index (χ3v) is 6.84. The molecule has 1 heterocycles. The summed E-state index contributed by atoms with van der Waals surface area (Å²) < 4.78 is 17.5. The zero-order valence-electron chi connectivity index (χ0n) is 16.9. The van der Waals surface area contributed by atoms with Crippen molar-refractivity contribution in [3.8, 4) is 11.1 Å². The summed E-state index contributed by atoms with van der Waals surface area (Å²) >= 11 is 1.60. The van der Waals surface area contributed by atoms with Crippen molar-refractivity contribution in [3.63, 3.8) is 0 Å². The molecular formula is C22H25N2O4PS. The van der Waals surface area contributed by atoms with Crippen LogP contribution in [0.25, 0.3) is 11.1 Å². The SMILES string of the molecule is CCC(C)OP(=O)(O)Cc1ccc(C(=O)N(N)c2cccc(-c3ccsc3)c2)cc1. The Bertz CT molecular complexity index is 1040. The number of thiophene rings is 1. The third kappa shape index (κ3) is 5.65. The molecule has 0 aliphatic heterocycles. The number of amides is 1. The highest BCUT2D eigenvalue weighted by Gasteiger charge is 2.23. The highest BCUT2D eigenvalue weighted by molar-refractivity contribution is 7.52. The van der Waals surface area contributed by atoms with Gasteiger partial charge in [0, 0.05) is 5.56 Å². The number of benzene rings is 2. The first-order valence-electron chi connectivity index (χ1n) is 9.60. The summed E-state index contributed by atoms with van der Waals surface area (Å²) in [4.78, 5) is 22.8. The van der Waals surface area contributed by atoms with Crippen molar-refractivity contribution in [3.05, 3.63) is 76.5 Å². The van der Waals surface area contributed by atoms with Crippen LogP contribution in [0.15, 0.2) is 65.4 Å². The van der Waals surface area contributed by atoms with Gasteiger partial charge in [-0.2, -0.15) is 11.3 Å². The van der Waals surface area contributed by atoms with Crippen LogP contribution < -0.4 is 10.9 Å². The van der Waals surface area contributed by atoms with Gasteiger partial charge in [-0.15, -0.1) is 0 Å². The number of hydrogen-bond donors (Lipinski definition) is 2. The molecule has 0 spiro atoms. The van der Waals surface area contributed by atoms with Crippen molar-refractivity contribution in [2.75, 3.05) is 5.01 Å². The van der Waals surface area contributed by atoms with Gasteiger partial charge in [0.05, 0.1) is 18.0 Å². The number of hydrogen-bond acceptors (Lipinski definition) is 5. The lowest BCUT2D eigenvalue weighted by Crippen LogP contribution is -2.37. The van der Waals surface area contributed by atoms with Gasteiger partial charge in [-0.3, -0.25) is 9.36 Å². The fraction of sp³-hybridized carbons (Fsp3) is 0.227. The first-order chi connectivity index (χ1) is 14.3. The van der Waals surface area contributed by atoms with E-state index >= 15 is 0 Å². The molecule has 0 aliphatic rings. The number of carbonyl (C=O) groups is 1. The molecule has 6 nitrogen and oxygen atoms in total. The molecule has 1 aromatic heterocycles. The molecule has 0 aliphatic carbocycles. The number of nitrogens with two attached hydrogens (primary N) is 1. The average molecular weight is 444 g/mol. The Labute approximate surface area is 180 Å². The maximum atomic E-state index is 12.8. The second-order valence-corrected chi connectivity index (χ2v) is 9.64. The monoisotopic (exact) mass is 444 g/mol. The van der Waals surface area contributed by atoms with E-state index in [9.17, 15) is 14.3 Å². The van der Waals surface area contributed by atoms with E-state index in [2.05, 4.69) is 0 Å². The minimum absolute atomic E-state index is 0.110. The molecule has 0 saturated heterocycles. The Morgan fingerprint density at radius 3 is 2.57 bits per heavy atom. The lowest BCUT2D eigenvalue weighted by molar-refractivity contribution is 0.0987. The predicted octanol–water partition coefficient (Wildman–Crippen LogP) is 5.44.